The van der Waals surface area contributed by atoms with E-state index in [1.807, 2.05) is 19.9 Å². The van der Waals surface area contributed by atoms with E-state index in [1.54, 1.807) is 16.8 Å². The number of nitrogens with one attached hydrogen (secondary N) is 1. The number of carbonyl (C=O) groups is 2. The molecule has 152 valence electrons. The van der Waals surface area contributed by atoms with Gasteiger partial charge in [0.15, 0.2) is 5.69 Å². The van der Waals surface area contributed by atoms with Crippen LogP contribution < -0.4 is 5.32 Å². The van der Waals surface area contributed by atoms with E-state index in [0.29, 0.717) is 28.0 Å². The molecule has 0 radical (unpaired) electrons. The Hall–Kier alpha value is -2.84. The first-order chi connectivity index (χ1) is 13.7. The van der Waals surface area contributed by atoms with Gasteiger partial charge in [-0.1, -0.05) is 29.3 Å². The zero-order chi connectivity index (χ0) is 21.1. The summed E-state index contributed by atoms with van der Waals surface area (Å²) in [6, 6.07) is 6.78. The van der Waals surface area contributed by atoms with Crippen molar-refractivity contribution in [1.82, 2.24) is 19.6 Å². The summed E-state index contributed by atoms with van der Waals surface area (Å²) in [6.07, 6.45) is 1.68. The predicted octanol–water partition coefficient (Wildman–Crippen LogP) is 3.78. The second-order valence-corrected chi connectivity index (χ2v) is 7.33. The Morgan fingerprint density at radius 1 is 1.14 bits per heavy atom. The molecule has 1 amide bonds. The van der Waals surface area contributed by atoms with Gasteiger partial charge < -0.3 is 10.4 Å². The van der Waals surface area contributed by atoms with Crippen LogP contribution in [-0.4, -0.2) is 36.5 Å². The lowest BCUT2D eigenvalue weighted by Crippen LogP contribution is -2.16. The summed E-state index contributed by atoms with van der Waals surface area (Å²) in [5, 5.41) is 21.1. The van der Waals surface area contributed by atoms with Crippen LogP contribution in [0.1, 0.15) is 33.9 Å². The van der Waals surface area contributed by atoms with Gasteiger partial charge in [-0.25, -0.2) is 4.79 Å². The summed E-state index contributed by atoms with van der Waals surface area (Å²) in [4.78, 5) is 23.2. The van der Waals surface area contributed by atoms with E-state index < -0.39 is 5.97 Å². The number of rotatable bonds is 7. The normalized spacial score (nSPS) is 10.9. The number of benzene rings is 1. The smallest absolute Gasteiger partial charge is 0.356 e. The number of hydrogen-bond acceptors (Lipinski definition) is 4. The van der Waals surface area contributed by atoms with Crippen molar-refractivity contribution >= 4 is 40.8 Å². The van der Waals surface area contributed by atoms with Gasteiger partial charge in [-0.3, -0.25) is 14.2 Å². The second kappa shape index (κ2) is 8.67. The molecule has 0 aliphatic heterocycles. The number of anilines is 1. The van der Waals surface area contributed by atoms with E-state index in [0.717, 1.165) is 11.3 Å². The third-order valence-electron chi connectivity index (χ3n) is 4.39. The van der Waals surface area contributed by atoms with Gasteiger partial charge in [0.1, 0.15) is 0 Å². The number of halogens is 2. The molecule has 0 spiro atoms. The molecule has 8 nitrogen and oxygen atoms in total. The highest BCUT2D eigenvalue weighted by atomic mass is 35.5. The number of aromatic carboxylic acids is 1. The van der Waals surface area contributed by atoms with Crippen molar-refractivity contribution in [2.75, 3.05) is 5.32 Å². The quantitative estimate of drug-likeness (QED) is 0.587. The first-order valence-corrected chi connectivity index (χ1v) is 9.54. The van der Waals surface area contributed by atoms with Crippen molar-refractivity contribution in [2.24, 2.45) is 0 Å². The van der Waals surface area contributed by atoms with Gasteiger partial charge in [0.25, 0.3) is 0 Å². The maximum atomic E-state index is 12.3. The zero-order valence-corrected chi connectivity index (χ0v) is 17.3. The third-order valence-corrected chi connectivity index (χ3v) is 5.13. The maximum absolute atomic E-state index is 12.3. The lowest BCUT2D eigenvalue weighted by atomic mass is 10.2. The largest absolute Gasteiger partial charge is 0.476 e. The molecule has 0 aliphatic rings. The monoisotopic (exact) mass is 435 g/mol. The first kappa shape index (κ1) is 20.9. The van der Waals surface area contributed by atoms with Crippen LogP contribution in [0, 0.1) is 13.8 Å². The van der Waals surface area contributed by atoms with E-state index in [9.17, 15) is 9.59 Å². The Morgan fingerprint density at radius 3 is 2.55 bits per heavy atom. The molecule has 2 aromatic heterocycles. The molecule has 2 heterocycles. The Balaban J connectivity index is 1.65. The van der Waals surface area contributed by atoms with E-state index >= 15 is 0 Å². The zero-order valence-electron chi connectivity index (χ0n) is 15.8. The van der Waals surface area contributed by atoms with Gasteiger partial charge in [0, 0.05) is 19.2 Å². The molecule has 10 heteroatoms. The van der Waals surface area contributed by atoms with Gasteiger partial charge in [-0.15, -0.1) is 0 Å². The van der Waals surface area contributed by atoms with Gasteiger partial charge in [-0.05, 0) is 37.6 Å². The SMILES string of the molecule is Cc1nn(Cc2ccc(Cl)c(Cl)c2)c(C)c1NC(=O)CCn1ccc(C(=O)O)n1. The van der Waals surface area contributed by atoms with Gasteiger partial charge in [0.2, 0.25) is 5.91 Å². The molecular formula is C19H19Cl2N5O3. The van der Waals surface area contributed by atoms with Crippen LogP contribution in [0.25, 0.3) is 0 Å². The summed E-state index contributed by atoms with van der Waals surface area (Å²) < 4.78 is 3.22. The van der Waals surface area contributed by atoms with E-state index in [4.69, 9.17) is 28.3 Å². The summed E-state index contributed by atoms with van der Waals surface area (Å²) >= 11 is 12.0. The maximum Gasteiger partial charge on any atom is 0.356 e. The molecule has 0 saturated heterocycles. The highest BCUT2D eigenvalue weighted by molar-refractivity contribution is 6.42. The van der Waals surface area contributed by atoms with Crippen molar-refractivity contribution < 1.29 is 14.7 Å². The minimum Gasteiger partial charge on any atom is -0.476 e. The number of hydrogen-bond donors (Lipinski definition) is 2. The first-order valence-electron chi connectivity index (χ1n) is 8.79. The number of aryl methyl sites for hydroxylation is 2. The number of nitrogens with zero attached hydrogens (tertiary/aromatic N) is 4. The Labute approximate surface area is 177 Å². The minimum atomic E-state index is -1.10. The number of carbonyl (C=O) groups excluding carboxylic acids is 1. The highest BCUT2D eigenvalue weighted by Gasteiger charge is 2.15. The minimum absolute atomic E-state index is 0.0549. The molecule has 0 unspecified atom stereocenters. The van der Waals surface area contributed by atoms with Gasteiger partial charge >= 0.3 is 5.97 Å². The summed E-state index contributed by atoms with van der Waals surface area (Å²) in [7, 11) is 0. The Kier molecular flexibility index (Phi) is 6.24. The van der Waals surface area contributed by atoms with Crippen LogP contribution in [0.3, 0.4) is 0 Å². The van der Waals surface area contributed by atoms with Crippen LogP contribution >= 0.6 is 23.2 Å². The van der Waals surface area contributed by atoms with Crippen molar-refractivity contribution in [3.63, 3.8) is 0 Å². The highest BCUT2D eigenvalue weighted by Crippen LogP contribution is 2.25. The molecule has 29 heavy (non-hydrogen) atoms. The molecule has 0 saturated carbocycles. The number of carboxylic acids is 1. The molecule has 3 rings (SSSR count). The van der Waals surface area contributed by atoms with E-state index in [2.05, 4.69) is 15.5 Å². The number of aromatic nitrogens is 4. The summed E-state index contributed by atoms with van der Waals surface area (Å²) in [5.74, 6) is -1.31. The van der Waals surface area contributed by atoms with Crippen molar-refractivity contribution in [3.8, 4) is 0 Å². The molecule has 2 N–H and O–H groups in total. The molecular weight excluding hydrogens is 417 g/mol. The van der Waals surface area contributed by atoms with Crippen LogP contribution in [0.15, 0.2) is 30.5 Å². The fourth-order valence-corrected chi connectivity index (χ4v) is 3.18. The van der Waals surface area contributed by atoms with Crippen molar-refractivity contribution in [1.29, 1.82) is 0 Å². The molecule has 1 aromatic carbocycles. The average Bonchev–Trinajstić information content (AvgIpc) is 3.24. The van der Waals surface area contributed by atoms with Crippen LogP contribution in [0.5, 0.6) is 0 Å². The molecule has 0 aliphatic carbocycles. The molecule has 0 bridgehead atoms. The number of carboxylic acid groups (broad SMARTS) is 1. The molecule has 0 fully saturated rings. The van der Waals surface area contributed by atoms with E-state index in [1.165, 1.54) is 16.9 Å². The number of amides is 1. The van der Waals surface area contributed by atoms with Gasteiger partial charge in [0.05, 0.1) is 33.7 Å². The fourth-order valence-electron chi connectivity index (χ4n) is 2.86. The summed E-state index contributed by atoms with van der Waals surface area (Å²) in [6.45, 7) is 4.46. The predicted molar refractivity (Wildman–Crippen MR) is 110 cm³/mol. The van der Waals surface area contributed by atoms with Crippen LogP contribution in [0.2, 0.25) is 10.0 Å². The molecule has 0 atom stereocenters. The van der Waals surface area contributed by atoms with E-state index in [-0.39, 0.29) is 24.6 Å². The Morgan fingerprint density at radius 2 is 1.90 bits per heavy atom. The van der Waals surface area contributed by atoms with Crippen LogP contribution in [0.4, 0.5) is 5.69 Å². The topological polar surface area (TPSA) is 102 Å². The lowest BCUT2D eigenvalue weighted by Gasteiger charge is -2.08. The standard InChI is InChI=1S/C19H19Cl2N5O3/c1-11-18(22-17(27)6-8-25-7-5-16(24-25)19(28)29)12(2)26(23-11)10-13-3-4-14(20)15(21)9-13/h3-5,7,9H,6,8,10H2,1-2H3,(H,22,27)(H,28,29). The Bertz CT molecular complexity index is 1070. The molecule has 3 aromatic rings. The second-order valence-electron chi connectivity index (χ2n) is 6.52. The average molecular weight is 436 g/mol. The third kappa shape index (κ3) is 4.96. The van der Waals surface area contributed by atoms with Gasteiger partial charge in [-0.2, -0.15) is 10.2 Å². The van der Waals surface area contributed by atoms with Crippen LogP contribution in [-0.2, 0) is 17.9 Å². The lowest BCUT2D eigenvalue weighted by molar-refractivity contribution is -0.116. The van der Waals surface area contributed by atoms with Crippen molar-refractivity contribution in [3.05, 3.63) is 63.2 Å². The summed E-state index contributed by atoms with van der Waals surface area (Å²) in [5.41, 5.74) is 3.05. The fraction of sp³-hybridized carbons (Fsp3) is 0.263. The van der Waals surface area contributed by atoms with Crippen molar-refractivity contribution in [2.45, 2.75) is 33.4 Å².